The number of fused-ring (bicyclic) bond motifs is 4. The maximum Gasteiger partial charge on any atom is 0.192 e. The minimum atomic E-state index is -1.78. The number of aliphatic hydroxyl groups excluding tert-OH is 1. The Balaban J connectivity index is 1.60. The molecule has 0 amide bonds. The highest BCUT2D eigenvalue weighted by Gasteiger charge is 2.58. The Morgan fingerprint density at radius 3 is 2.57 bits per heavy atom. The van der Waals surface area contributed by atoms with Gasteiger partial charge in [-0.15, -0.1) is 0 Å². The van der Waals surface area contributed by atoms with Crippen LogP contribution in [-0.2, 0) is 9.16 Å². The van der Waals surface area contributed by atoms with E-state index in [0.717, 1.165) is 25.0 Å². The highest BCUT2D eigenvalue weighted by molar-refractivity contribution is 6.74. The maximum atomic E-state index is 10.4. The average Bonchev–Trinajstić information content (AvgIpc) is 3.01. The normalized spacial score (nSPS) is 39.2. The van der Waals surface area contributed by atoms with E-state index in [9.17, 15) is 5.11 Å². The molecule has 0 saturated heterocycles. The van der Waals surface area contributed by atoms with Gasteiger partial charge >= 0.3 is 0 Å². The Morgan fingerprint density at radius 1 is 1.20 bits per heavy atom. The fraction of sp³-hybridized carbons (Fsp3) is 0.846. The van der Waals surface area contributed by atoms with E-state index < -0.39 is 8.32 Å². The summed E-state index contributed by atoms with van der Waals surface area (Å²) in [5.41, 5.74) is 3.54. The van der Waals surface area contributed by atoms with E-state index in [-0.39, 0.29) is 10.5 Å². The monoisotopic (exact) mass is 432 g/mol. The van der Waals surface area contributed by atoms with Gasteiger partial charge in [0.2, 0.25) is 0 Å². The number of hydrogen-bond acceptors (Lipinski definition) is 3. The second-order valence-electron chi connectivity index (χ2n) is 12.3. The lowest BCUT2D eigenvalue weighted by Gasteiger charge is -2.55. The molecule has 6 atom stereocenters. The van der Waals surface area contributed by atoms with Crippen LogP contribution in [0.1, 0.15) is 72.6 Å². The molecular weight excluding hydrogens is 388 g/mol. The Morgan fingerprint density at radius 2 is 1.93 bits per heavy atom. The molecule has 170 valence electrons. The summed E-state index contributed by atoms with van der Waals surface area (Å²) in [6.07, 6.45) is 10.8. The molecule has 0 unspecified atom stereocenters. The van der Waals surface area contributed by atoms with Gasteiger partial charge in [0.15, 0.2) is 8.32 Å². The molecule has 30 heavy (non-hydrogen) atoms. The number of allylic oxidation sites excluding steroid dienone is 3. The van der Waals surface area contributed by atoms with Crippen molar-refractivity contribution in [3.63, 3.8) is 0 Å². The van der Waals surface area contributed by atoms with Crippen LogP contribution in [0.4, 0.5) is 0 Å². The standard InChI is InChI=1S/C26H44O3Si/c1-25(2,3)30(6,7)29-23-11-10-22-24-18(16-27)14-17-15-19(28-5)8-9-20(17)21(24)12-13-26(22,23)4/h8,18,21-24,27H,9-16H2,1-7H3/t18-,21+,22-,23-,24+,26-/m0/s1. The lowest BCUT2D eigenvalue weighted by atomic mass is 9.52. The molecule has 4 aliphatic carbocycles. The van der Waals surface area contributed by atoms with E-state index in [4.69, 9.17) is 9.16 Å². The summed E-state index contributed by atoms with van der Waals surface area (Å²) in [6.45, 7) is 14.7. The summed E-state index contributed by atoms with van der Waals surface area (Å²) in [5.74, 6) is 3.49. The van der Waals surface area contributed by atoms with Gasteiger partial charge in [0.1, 0.15) is 0 Å². The topological polar surface area (TPSA) is 38.7 Å². The van der Waals surface area contributed by atoms with Gasteiger partial charge in [-0.3, -0.25) is 0 Å². The summed E-state index contributed by atoms with van der Waals surface area (Å²) in [4.78, 5) is 0. The number of aliphatic hydroxyl groups is 1. The zero-order valence-electron chi connectivity index (χ0n) is 20.4. The summed E-state index contributed by atoms with van der Waals surface area (Å²) in [5, 5.41) is 10.7. The fourth-order valence-corrected chi connectivity index (χ4v) is 8.56. The molecule has 0 bridgehead atoms. The van der Waals surface area contributed by atoms with Crippen LogP contribution < -0.4 is 0 Å². The lowest BCUT2D eigenvalue weighted by molar-refractivity contribution is -0.0518. The molecule has 0 aromatic rings. The molecule has 0 aliphatic heterocycles. The van der Waals surface area contributed by atoms with Crippen LogP contribution >= 0.6 is 0 Å². The van der Waals surface area contributed by atoms with E-state index in [0.29, 0.717) is 36.4 Å². The highest BCUT2D eigenvalue weighted by Crippen LogP contribution is 2.63. The zero-order valence-corrected chi connectivity index (χ0v) is 21.4. The molecule has 4 heteroatoms. The van der Waals surface area contributed by atoms with Crippen molar-refractivity contribution < 1.29 is 14.3 Å². The van der Waals surface area contributed by atoms with E-state index in [2.05, 4.69) is 46.9 Å². The first kappa shape index (κ1) is 22.6. The third-order valence-corrected chi connectivity index (χ3v) is 14.4. The highest BCUT2D eigenvalue weighted by atomic mass is 28.4. The van der Waals surface area contributed by atoms with Crippen molar-refractivity contribution in [2.45, 2.75) is 96.9 Å². The minimum absolute atomic E-state index is 0.254. The molecule has 2 fully saturated rings. The summed E-state index contributed by atoms with van der Waals surface area (Å²) >= 11 is 0. The van der Waals surface area contributed by atoms with E-state index in [1.807, 2.05) is 0 Å². The minimum Gasteiger partial charge on any atom is -0.501 e. The molecule has 4 rings (SSSR count). The van der Waals surface area contributed by atoms with E-state index in [1.165, 1.54) is 25.7 Å². The first-order chi connectivity index (χ1) is 14.0. The first-order valence-electron chi connectivity index (χ1n) is 12.2. The van der Waals surface area contributed by atoms with Crippen LogP contribution in [0.5, 0.6) is 0 Å². The van der Waals surface area contributed by atoms with Crippen LogP contribution in [0.15, 0.2) is 23.0 Å². The van der Waals surface area contributed by atoms with Crippen molar-refractivity contribution >= 4 is 8.32 Å². The number of methoxy groups -OCH3 is 1. The van der Waals surface area contributed by atoms with Crippen LogP contribution in [0.25, 0.3) is 0 Å². The quantitative estimate of drug-likeness (QED) is 0.410. The zero-order chi connectivity index (χ0) is 21.9. The van der Waals surface area contributed by atoms with Gasteiger partial charge in [-0.25, -0.2) is 0 Å². The van der Waals surface area contributed by atoms with E-state index in [1.54, 1.807) is 18.3 Å². The van der Waals surface area contributed by atoms with Crippen molar-refractivity contribution in [3.8, 4) is 0 Å². The fourth-order valence-electron chi connectivity index (χ4n) is 7.11. The second-order valence-corrected chi connectivity index (χ2v) is 17.1. The van der Waals surface area contributed by atoms with Crippen LogP contribution in [0, 0.1) is 29.1 Å². The molecular formula is C26H44O3Si. The molecule has 1 N–H and O–H groups in total. The first-order valence-corrected chi connectivity index (χ1v) is 15.1. The van der Waals surface area contributed by atoms with Gasteiger partial charge in [0.25, 0.3) is 0 Å². The van der Waals surface area contributed by atoms with Gasteiger partial charge in [-0.1, -0.05) is 38.8 Å². The summed E-state index contributed by atoms with van der Waals surface area (Å²) in [7, 11) is 0.00888. The van der Waals surface area contributed by atoms with Gasteiger partial charge in [0, 0.05) is 13.0 Å². The predicted octanol–water partition coefficient (Wildman–Crippen LogP) is 6.45. The van der Waals surface area contributed by atoms with Crippen molar-refractivity contribution in [1.82, 2.24) is 0 Å². The van der Waals surface area contributed by atoms with Crippen LogP contribution in [0.2, 0.25) is 18.1 Å². The molecule has 4 aliphatic rings. The number of rotatable bonds is 4. The second kappa shape index (κ2) is 7.77. The third kappa shape index (κ3) is 3.55. The van der Waals surface area contributed by atoms with Gasteiger partial charge in [-0.05, 0) is 91.8 Å². The molecule has 0 radical (unpaired) electrons. The van der Waals surface area contributed by atoms with Crippen molar-refractivity contribution in [1.29, 1.82) is 0 Å². The maximum absolute atomic E-state index is 10.4. The molecule has 0 aromatic heterocycles. The molecule has 0 heterocycles. The third-order valence-electron chi connectivity index (χ3n) is 9.88. The SMILES string of the molecule is COC1=CCC2=C(C1)C[C@@H](CO)[C@@H]1[C@@H]2CC[C@]2(C)[C@@H](O[Si](C)(C)C(C)(C)C)CC[C@@H]12. The molecule has 0 spiro atoms. The largest absolute Gasteiger partial charge is 0.501 e. The molecule has 2 saturated carbocycles. The summed E-state index contributed by atoms with van der Waals surface area (Å²) < 4.78 is 12.6. The number of ether oxygens (including phenoxy) is 1. The van der Waals surface area contributed by atoms with Crippen LogP contribution in [0.3, 0.4) is 0 Å². The van der Waals surface area contributed by atoms with Crippen molar-refractivity contribution in [3.05, 3.63) is 23.0 Å². The van der Waals surface area contributed by atoms with Crippen LogP contribution in [-0.4, -0.2) is 33.2 Å². The Kier molecular flexibility index (Phi) is 5.86. The molecule has 0 aromatic carbocycles. The van der Waals surface area contributed by atoms with Crippen molar-refractivity contribution in [2.75, 3.05) is 13.7 Å². The number of hydrogen-bond donors (Lipinski definition) is 1. The van der Waals surface area contributed by atoms with Crippen molar-refractivity contribution in [2.24, 2.45) is 29.1 Å². The Bertz CT molecular complexity index is 731. The average molecular weight is 433 g/mol. The predicted molar refractivity (Wildman–Crippen MR) is 126 cm³/mol. The summed E-state index contributed by atoms with van der Waals surface area (Å²) in [6, 6.07) is 0. The Labute approximate surface area is 185 Å². The van der Waals surface area contributed by atoms with Gasteiger partial charge < -0.3 is 14.3 Å². The van der Waals surface area contributed by atoms with Gasteiger partial charge in [-0.2, -0.15) is 0 Å². The van der Waals surface area contributed by atoms with Gasteiger partial charge in [0.05, 0.1) is 19.0 Å². The molecule has 3 nitrogen and oxygen atoms in total. The lowest BCUT2D eigenvalue weighted by Crippen LogP contribution is -2.52. The van der Waals surface area contributed by atoms with E-state index >= 15 is 0 Å². The smallest absolute Gasteiger partial charge is 0.192 e. The Hall–Kier alpha value is -0.583.